The molecular formula is C18H25N3. The molecule has 1 heterocycles. The summed E-state index contributed by atoms with van der Waals surface area (Å²) in [5.74, 6) is 0. The van der Waals surface area contributed by atoms with Crippen LogP contribution in [0.4, 0.5) is 0 Å². The molecule has 0 saturated carbocycles. The van der Waals surface area contributed by atoms with Crippen LogP contribution in [-0.4, -0.2) is 11.1 Å². The summed E-state index contributed by atoms with van der Waals surface area (Å²) in [6.07, 6.45) is 6.31. The first-order chi connectivity index (χ1) is 10.1. The van der Waals surface area contributed by atoms with E-state index in [-0.39, 0.29) is 5.41 Å². The minimum absolute atomic E-state index is 0.205. The van der Waals surface area contributed by atoms with Crippen LogP contribution in [0.3, 0.4) is 0 Å². The van der Waals surface area contributed by atoms with Gasteiger partial charge in [0.15, 0.2) is 0 Å². The third-order valence-corrected chi connectivity index (χ3v) is 4.04. The Labute approximate surface area is 127 Å². The predicted octanol–water partition coefficient (Wildman–Crippen LogP) is 3.86. The summed E-state index contributed by atoms with van der Waals surface area (Å²) in [5.41, 5.74) is 8.13. The number of nitrogens with zero attached hydrogens (tertiary/aromatic N) is 2. The first-order valence-electron chi connectivity index (χ1n) is 7.75. The van der Waals surface area contributed by atoms with Crippen molar-refractivity contribution < 1.29 is 0 Å². The van der Waals surface area contributed by atoms with Gasteiger partial charge in [0.25, 0.3) is 0 Å². The Hall–Kier alpha value is -1.79. The lowest BCUT2D eigenvalue weighted by Crippen LogP contribution is -2.08. The number of aromatic nitrogens is 1. The lowest BCUT2D eigenvalue weighted by atomic mass is 9.89. The van der Waals surface area contributed by atoms with Gasteiger partial charge in [-0.15, -0.1) is 0 Å². The fraction of sp³-hybridized carbons (Fsp3) is 0.500. The zero-order valence-corrected chi connectivity index (χ0v) is 13.1. The van der Waals surface area contributed by atoms with E-state index in [1.807, 2.05) is 13.8 Å². The summed E-state index contributed by atoms with van der Waals surface area (Å²) in [7, 11) is 0. The number of unbranched alkanes of at least 4 members (excludes halogenated alkanes) is 1. The smallest absolute Gasteiger partial charge is 0.0683 e. The topological polar surface area (TPSA) is 54.7 Å². The van der Waals surface area contributed by atoms with Gasteiger partial charge in [0.2, 0.25) is 0 Å². The maximum Gasteiger partial charge on any atom is 0.0683 e. The number of para-hydroxylation sites is 1. The van der Waals surface area contributed by atoms with Gasteiger partial charge in [-0.05, 0) is 51.3 Å². The summed E-state index contributed by atoms with van der Waals surface area (Å²) >= 11 is 0. The Kier molecular flexibility index (Phi) is 5.03. The second-order valence-corrected chi connectivity index (χ2v) is 6.36. The van der Waals surface area contributed by atoms with E-state index >= 15 is 0 Å². The van der Waals surface area contributed by atoms with Crippen molar-refractivity contribution in [3.05, 3.63) is 36.0 Å². The van der Waals surface area contributed by atoms with E-state index < -0.39 is 0 Å². The van der Waals surface area contributed by atoms with Gasteiger partial charge in [-0.3, -0.25) is 0 Å². The first kappa shape index (κ1) is 15.6. The average molecular weight is 283 g/mol. The zero-order chi connectivity index (χ0) is 15.3. The van der Waals surface area contributed by atoms with Crippen LogP contribution in [0.2, 0.25) is 0 Å². The zero-order valence-electron chi connectivity index (χ0n) is 13.1. The van der Waals surface area contributed by atoms with Gasteiger partial charge in [0.1, 0.15) is 0 Å². The summed E-state index contributed by atoms with van der Waals surface area (Å²) in [6, 6.07) is 10.9. The van der Waals surface area contributed by atoms with E-state index in [0.29, 0.717) is 6.54 Å². The Morgan fingerprint density at radius 3 is 2.71 bits per heavy atom. The standard InChI is InChI=1S/C18H25N3/c1-18(2,14-20)10-5-6-12-21-13-15(9-11-19)16-7-3-4-8-17(16)21/h3-4,7-8,13H,5-6,9-12,19H2,1-2H3. The highest BCUT2D eigenvalue weighted by molar-refractivity contribution is 5.84. The fourth-order valence-corrected chi connectivity index (χ4v) is 2.77. The van der Waals surface area contributed by atoms with Crippen molar-refractivity contribution in [3.63, 3.8) is 0 Å². The summed E-state index contributed by atoms with van der Waals surface area (Å²) in [6.45, 7) is 5.71. The third-order valence-electron chi connectivity index (χ3n) is 4.04. The van der Waals surface area contributed by atoms with Gasteiger partial charge >= 0.3 is 0 Å². The Bertz CT molecular complexity index is 631. The number of fused-ring (bicyclic) bond motifs is 1. The number of benzene rings is 1. The molecule has 2 aromatic rings. The van der Waals surface area contributed by atoms with Crippen molar-refractivity contribution in [1.29, 1.82) is 5.26 Å². The SMILES string of the molecule is CC(C)(C#N)CCCCn1cc(CCN)c2ccccc21. The summed E-state index contributed by atoms with van der Waals surface area (Å²) in [5, 5.41) is 10.4. The molecule has 0 aliphatic carbocycles. The van der Waals surface area contributed by atoms with Gasteiger partial charge in [-0.25, -0.2) is 0 Å². The van der Waals surface area contributed by atoms with Crippen LogP contribution in [0.15, 0.2) is 30.5 Å². The number of nitrogens with two attached hydrogens (primary N) is 1. The summed E-state index contributed by atoms with van der Waals surface area (Å²) in [4.78, 5) is 0. The monoisotopic (exact) mass is 283 g/mol. The van der Waals surface area contributed by atoms with Crippen molar-refractivity contribution in [2.45, 2.75) is 46.1 Å². The van der Waals surface area contributed by atoms with Crippen LogP contribution in [-0.2, 0) is 13.0 Å². The molecule has 3 heteroatoms. The molecule has 0 aliphatic rings. The molecular weight excluding hydrogens is 258 g/mol. The Morgan fingerprint density at radius 1 is 1.24 bits per heavy atom. The maximum absolute atomic E-state index is 9.05. The predicted molar refractivity (Wildman–Crippen MR) is 87.9 cm³/mol. The number of hydrogen-bond acceptors (Lipinski definition) is 2. The quantitative estimate of drug-likeness (QED) is 0.784. The molecule has 0 amide bonds. The molecule has 112 valence electrons. The minimum Gasteiger partial charge on any atom is -0.347 e. The molecule has 0 saturated heterocycles. The van der Waals surface area contributed by atoms with Crippen molar-refractivity contribution in [3.8, 4) is 6.07 Å². The molecule has 1 aromatic heterocycles. The molecule has 2 rings (SSSR count). The van der Waals surface area contributed by atoms with E-state index in [1.165, 1.54) is 16.5 Å². The van der Waals surface area contributed by atoms with E-state index in [1.54, 1.807) is 0 Å². The van der Waals surface area contributed by atoms with E-state index in [0.717, 1.165) is 32.2 Å². The van der Waals surface area contributed by atoms with Crippen LogP contribution in [0.25, 0.3) is 10.9 Å². The Balaban J connectivity index is 2.04. The molecule has 0 fully saturated rings. The fourth-order valence-electron chi connectivity index (χ4n) is 2.77. The molecule has 21 heavy (non-hydrogen) atoms. The Morgan fingerprint density at radius 2 is 2.00 bits per heavy atom. The van der Waals surface area contributed by atoms with E-state index in [9.17, 15) is 0 Å². The second-order valence-electron chi connectivity index (χ2n) is 6.36. The van der Waals surface area contributed by atoms with E-state index in [2.05, 4.69) is 41.1 Å². The number of aryl methyl sites for hydroxylation is 1. The van der Waals surface area contributed by atoms with Crippen LogP contribution in [0.5, 0.6) is 0 Å². The molecule has 0 unspecified atom stereocenters. The average Bonchev–Trinajstić information content (AvgIpc) is 2.83. The largest absolute Gasteiger partial charge is 0.347 e. The molecule has 1 aromatic carbocycles. The van der Waals surface area contributed by atoms with Crippen molar-refractivity contribution >= 4 is 10.9 Å². The van der Waals surface area contributed by atoms with Gasteiger partial charge in [0.05, 0.1) is 11.5 Å². The van der Waals surface area contributed by atoms with E-state index in [4.69, 9.17) is 11.0 Å². The molecule has 2 N–H and O–H groups in total. The van der Waals surface area contributed by atoms with Crippen molar-refractivity contribution in [1.82, 2.24) is 4.57 Å². The number of nitriles is 1. The molecule has 0 radical (unpaired) electrons. The van der Waals surface area contributed by atoms with Crippen LogP contribution < -0.4 is 5.73 Å². The van der Waals surface area contributed by atoms with Gasteiger partial charge < -0.3 is 10.3 Å². The van der Waals surface area contributed by atoms with Gasteiger partial charge in [-0.1, -0.05) is 24.6 Å². The molecule has 0 atom stereocenters. The lowest BCUT2D eigenvalue weighted by molar-refractivity contribution is 0.418. The molecule has 3 nitrogen and oxygen atoms in total. The minimum atomic E-state index is -0.205. The van der Waals surface area contributed by atoms with Crippen molar-refractivity contribution in [2.24, 2.45) is 11.1 Å². The highest BCUT2D eigenvalue weighted by Gasteiger charge is 2.15. The number of hydrogen-bond donors (Lipinski definition) is 1. The lowest BCUT2D eigenvalue weighted by Gasteiger charge is -2.14. The molecule has 0 bridgehead atoms. The second kappa shape index (κ2) is 6.78. The van der Waals surface area contributed by atoms with Gasteiger partial charge in [0, 0.05) is 23.6 Å². The summed E-state index contributed by atoms with van der Waals surface area (Å²) < 4.78 is 2.33. The van der Waals surface area contributed by atoms with Crippen molar-refractivity contribution in [2.75, 3.05) is 6.54 Å². The first-order valence-corrected chi connectivity index (χ1v) is 7.75. The molecule has 0 spiro atoms. The normalized spacial score (nSPS) is 11.7. The van der Waals surface area contributed by atoms with Crippen LogP contribution >= 0.6 is 0 Å². The highest BCUT2D eigenvalue weighted by Crippen LogP contribution is 2.24. The van der Waals surface area contributed by atoms with Gasteiger partial charge in [-0.2, -0.15) is 5.26 Å². The molecule has 0 aliphatic heterocycles. The maximum atomic E-state index is 9.05. The third kappa shape index (κ3) is 3.86. The van der Waals surface area contributed by atoms with Crippen LogP contribution in [0.1, 0.15) is 38.7 Å². The van der Waals surface area contributed by atoms with Crippen LogP contribution in [0, 0.1) is 16.7 Å². The number of rotatable bonds is 7. The highest BCUT2D eigenvalue weighted by atomic mass is 15.0.